The van der Waals surface area contributed by atoms with Gasteiger partial charge in [0.15, 0.2) is 11.5 Å². The Bertz CT molecular complexity index is 1850. The van der Waals surface area contributed by atoms with E-state index in [1.807, 2.05) is 0 Å². The molecule has 24 nitrogen and oxygen atoms in total. The number of rotatable bonds is 16. The first-order chi connectivity index (χ1) is 23.4. The third kappa shape index (κ3) is 9.91. The molecule has 3 aromatic rings. The van der Waals surface area contributed by atoms with Gasteiger partial charge in [-0.15, -0.1) is 0 Å². The van der Waals surface area contributed by atoms with Crippen LogP contribution in [0, 0.1) is 0 Å². The van der Waals surface area contributed by atoms with E-state index < -0.39 is 81.4 Å². The number of fused-ring (bicyclic) bond motifs is 1. The van der Waals surface area contributed by atoms with Gasteiger partial charge in [0.25, 0.3) is 0 Å². The molecule has 0 amide bonds. The number of aliphatic hydroxyl groups excluding tert-OH is 2. The predicted octanol–water partition coefficient (Wildman–Crippen LogP) is 1.10. The second-order valence-corrected chi connectivity index (χ2v) is 16.6. The molecule has 50 heavy (non-hydrogen) atoms. The molecule has 0 aliphatic carbocycles. The number of aliphatic hydroxyl groups is 2. The molecule has 278 valence electrons. The van der Waals surface area contributed by atoms with Crippen molar-refractivity contribution in [2.45, 2.75) is 49.8 Å². The van der Waals surface area contributed by atoms with Gasteiger partial charge in [0.2, 0.25) is 6.29 Å². The van der Waals surface area contributed by atoms with Gasteiger partial charge >= 0.3 is 31.3 Å². The van der Waals surface area contributed by atoms with Crippen LogP contribution in [0.4, 0.5) is 5.82 Å². The SMILES string of the molecule is COc1ccc(OC2OC(COP(=O)(O)OP(=O)(O)OP(=O)(O)OP(=O)(O)OC[C@@H]3CC[C@H](n4cnc5c(N)ncnc54)O3)[C@@H](O)[C@H]2O)cc1. The largest absolute Gasteiger partial charge is 0.497 e. The van der Waals surface area contributed by atoms with Gasteiger partial charge in [0.05, 0.1) is 32.8 Å². The quantitative estimate of drug-likeness (QED) is 0.0998. The molecule has 28 heteroatoms. The van der Waals surface area contributed by atoms with Crippen molar-refractivity contribution in [3.8, 4) is 11.5 Å². The topological polar surface area (TPSA) is 342 Å². The Morgan fingerprint density at radius 1 is 0.820 bits per heavy atom. The Kier molecular flexibility index (Phi) is 11.9. The normalized spacial score (nSPS) is 28.8. The highest BCUT2D eigenvalue weighted by atomic mass is 31.3. The van der Waals surface area contributed by atoms with Gasteiger partial charge in [-0.2, -0.15) is 12.9 Å². The molecule has 10 atom stereocenters. The number of imidazole rings is 1. The van der Waals surface area contributed by atoms with Crippen molar-refractivity contribution < 1.29 is 89.0 Å². The fourth-order valence-corrected chi connectivity index (χ4v) is 9.62. The van der Waals surface area contributed by atoms with Crippen LogP contribution in [0.1, 0.15) is 19.1 Å². The average Bonchev–Trinajstić information content (AvgIpc) is 3.73. The van der Waals surface area contributed by atoms with E-state index in [0.29, 0.717) is 23.3 Å². The number of phosphoric ester groups is 2. The molecular formula is C22H31N5O19P4. The average molecular weight is 793 g/mol. The lowest BCUT2D eigenvalue weighted by atomic mass is 10.1. The molecule has 2 fully saturated rings. The number of nitrogen functional groups attached to an aromatic ring is 1. The molecule has 2 aliphatic heterocycles. The Morgan fingerprint density at radius 3 is 2.06 bits per heavy atom. The summed E-state index contributed by atoms with van der Waals surface area (Å²) < 4.78 is 93.1. The summed E-state index contributed by atoms with van der Waals surface area (Å²) in [5, 5.41) is 20.5. The van der Waals surface area contributed by atoms with Gasteiger partial charge in [0.1, 0.15) is 47.9 Å². The number of methoxy groups -OCH3 is 1. The fraction of sp³-hybridized carbons (Fsp3) is 0.500. The molecule has 0 radical (unpaired) electrons. The summed E-state index contributed by atoms with van der Waals surface area (Å²) in [4.78, 5) is 51.5. The molecule has 2 aliphatic rings. The summed E-state index contributed by atoms with van der Waals surface area (Å²) in [6.07, 6.45) is -4.71. The predicted molar refractivity (Wildman–Crippen MR) is 162 cm³/mol. The summed E-state index contributed by atoms with van der Waals surface area (Å²) in [6.45, 7) is -1.72. The van der Waals surface area contributed by atoms with E-state index in [0.717, 1.165) is 0 Å². The molecule has 4 heterocycles. The molecule has 8 N–H and O–H groups in total. The van der Waals surface area contributed by atoms with Gasteiger partial charge in [-0.05, 0) is 37.1 Å². The number of phosphoric acid groups is 4. The summed E-state index contributed by atoms with van der Waals surface area (Å²) >= 11 is 0. The van der Waals surface area contributed by atoms with E-state index in [2.05, 4.69) is 36.9 Å². The first-order valence-corrected chi connectivity index (χ1v) is 20.0. The summed E-state index contributed by atoms with van der Waals surface area (Å²) in [7, 11) is -21.9. The van der Waals surface area contributed by atoms with Gasteiger partial charge in [-0.3, -0.25) is 13.6 Å². The van der Waals surface area contributed by atoms with E-state index in [9.17, 15) is 48.0 Å². The lowest BCUT2D eigenvalue weighted by Gasteiger charge is -2.21. The highest BCUT2D eigenvalue weighted by molar-refractivity contribution is 7.69. The van der Waals surface area contributed by atoms with Gasteiger partial charge < -0.3 is 54.5 Å². The molecule has 0 bridgehead atoms. The van der Waals surface area contributed by atoms with Crippen LogP contribution >= 0.6 is 31.3 Å². The Balaban J connectivity index is 1.08. The van der Waals surface area contributed by atoms with Crippen molar-refractivity contribution in [2.24, 2.45) is 0 Å². The number of ether oxygens (including phenoxy) is 4. The molecule has 0 spiro atoms. The lowest BCUT2D eigenvalue weighted by molar-refractivity contribution is -0.115. The number of benzene rings is 1. The van der Waals surface area contributed by atoms with Crippen LogP contribution in [0.3, 0.4) is 0 Å². The zero-order chi connectivity index (χ0) is 36.5. The number of hydrogen-bond donors (Lipinski definition) is 7. The van der Waals surface area contributed by atoms with Gasteiger partial charge in [0, 0.05) is 0 Å². The number of anilines is 1. The van der Waals surface area contributed by atoms with Crippen LogP contribution < -0.4 is 15.2 Å². The first kappa shape index (κ1) is 38.8. The van der Waals surface area contributed by atoms with E-state index in [4.69, 9.17) is 24.7 Å². The minimum Gasteiger partial charge on any atom is -0.497 e. The lowest BCUT2D eigenvalue weighted by Crippen LogP contribution is -2.35. The summed E-state index contributed by atoms with van der Waals surface area (Å²) in [5.41, 5.74) is 6.45. The van der Waals surface area contributed by atoms with Crippen LogP contribution in [0.5, 0.6) is 11.5 Å². The monoisotopic (exact) mass is 793 g/mol. The van der Waals surface area contributed by atoms with Crippen LogP contribution in [0.25, 0.3) is 11.2 Å². The minimum atomic E-state index is -6.08. The van der Waals surface area contributed by atoms with Crippen LogP contribution in [0.2, 0.25) is 0 Å². The number of nitrogens with zero attached hydrogens (tertiary/aromatic N) is 4. The molecular weight excluding hydrogens is 762 g/mol. The van der Waals surface area contributed by atoms with Crippen LogP contribution in [-0.2, 0) is 49.7 Å². The van der Waals surface area contributed by atoms with Gasteiger partial charge in [-0.1, -0.05) is 0 Å². The third-order valence-electron chi connectivity index (χ3n) is 6.86. The van der Waals surface area contributed by atoms with E-state index in [1.165, 1.54) is 44.0 Å². The standard InChI is InChI=1S/C22H31N5O19P4/c1-38-12-2-4-13(5-3-12)42-22-19(29)18(28)15(43-22)9-40-48(32,33)45-50(36,37)46-49(34,35)44-47(30,31)39-8-14-6-7-16(41-14)27-11-26-17-20(23)24-10-25-21(17)27/h2-5,10-11,14-16,18-19,22,28-29H,6-9H2,1H3,(H,30,31)(H,32,33)(H,34,35)(H,36,37)(H2,23,24,25)/t14-,15?,16+,18+,19+,22?/m0/s1. The number of nitrogens with two attached hydrogens (primary N) is 1. The highest BCUT2D eigenvalue weighted by Crippen LogP contribution is 2.71. The van der Waals surface area contributed by atoms with E-state index in [1.54, 1.807) is 4.57 Å². The summed E-state index contributed by atoms with van der Waals surface area (Å²) in [6, 6.07) is 5.99. The fourth-order valence-electron chi connectivity index (χ4n) is 4.65. The second kappa shape index (κ2) is 15.3. The van der Waals surface area contributed by atoms with Crippen molar-refractivity contribution in [1.29, 1.82) is 0 Å². The molecule has 6 unspecified atom stereocenters. The number of hydrogen-bond acceptors (Lipinski definition) is 19. The third-order valence-corrected chi connectivity index (χ3v) is 12.8. The minimum absolute atomic E-state index is 0.137. The molecule has 2 saturated heterocycles. The van der Waals surface area contributed by atoms with Crippen LogP contribution in [-0.4, -0.2) is 100 Å². The maximum Gasteiger partial charge on any atom is 0.490 e. The summed E-state index contributed by atoms with van der Waals surface area (Å²) in [5.74, 6) is 0.822. The van der Waals surface area contributed by atoms with Gasteiger partial charge in [-0.25, -0.2) is 33.2 Å². The molecule has 0 saturated carbocycles. The van der Waals surface area contributed by atoms with E-state index in [-0.39, 0.29) is 18.0 Å². The zero-order valence-electron chi connectivity index (χ0n) is 25.4. The van der Waals surface area contributed by atoms with E-state index >= 15 is 0 Å². The Hall–Kier alpha value is -2.43. The zero-order valence-corrected chi connectivity index (χ0v) is 29.0. The first-order valence-electron chi connectivity index (χ1n) is 14.0. The van der Waals surface area contributed by atoms with Crippen LogP contribution in [0.15, 0.2) is 36.9 Å². The molecule has 1 aromatic carbocycles. The van der Waals surface area contributed by atoms with Crippen molar-refractivity contribution in [3.63, 3.8) is 0 Å². The van der Waals surface area contributed by atoms with Crippen molar-refractivity contribution in [2.75, 3.05) is 26.1 Å². The van der Waals surface area contributed by atoms with Crippen molar-refractivity contribution in [1.82, 2.24) is 19.5 Å². The smallest absolute Gasteiger partial charge is 0.490 e. The maximum absolute atomic E-state index is 12.3. The highest BCUT2D eigenvalue weighted by Gasteiger charge is 2.48. The molecule has 5 rings (SSSR count). The maximum atomic E-state index is 12.3. The van der Waals surface area contributed by atoms with Crippen molar-refractivity contribution in [3.05, 3.63) is 36.9 Å². The molecule has 2 aromatic heterocycles. The second-order valence-electron chi connectivity index (χ2n) is 10.4. The Morgan fingerprint density at radius 2 is 1.42 bits per heavy atom. The number of aromatic nitrogens is 4. The van der Waals surface area contributed by atoms with Crippen molar-refractivity contribution >= 4 is 48.3 Å². The Labute approximate surface area is 281 Å².